The van der Waals surface area contributed by atoms with Gasteiger partial charge in [0.05, 0.1) is 4.90 Å². The monoisotopic (exact) mass is 225 g/mol. The quantitative estimate of drug-likeness (QED) is 0.551. The standard InChI is InChI=1S/C8H11NO3S.Na.H/c9-6-5-7-1-3-8(4-2-7)13(10,11)12;;/h1-4H,5-6,9H2,(H,10,11,12);;. The predicted molar refractivity (Wildman–Crippen MR) is 56.2 cm³/mol. The van der Waals surface area contributed by atoms with Crippen molar-refractivity contribution < 1.29 is 13.0 Å². The summed E-state index contributed by atoms with van der Waals surface area (Å²) in [5.41, 5.74) is 6.27. The van der Waals surface area contributed by atoms with Gasteiger partial charge in [-0.05, 0) is 30.7 Å². The van der Waals surface area contributed by atoms with Crippen molar-refractivity contribution in [1.82, 2.24) is 0 Å². The Hall–Kier alpha value is 0.0900. The molecule has 0 heterocycles. The molecule has 0 saturated heterocycles. The molecule has 0 aromatic heterocycles. The van der Waals surface area contributed by atoms with E-state index in [4.69, 9.17) is 10.3 Å². The molecule has 6 heteroatoms. The summed E-state index contributed by atoms with van der Waals surface area (Å²) in [7, 11) is -4.07. The molecule has 0 bridgehead atoms. The maximum absolute atomic E-state index is 10.6. The van der Waals surface area contributed by atoms with Gasteiger partial charge in [-0.25, -0.2) is 0 Å². The van der Waals surface area contributed by atoms with E-state index in [0.717, 1.165) is 5.56 Å². The first-order valence-corrected chi connectivity index (χ1v) is 5.24. The van der Waals surface area contributed by atoms with Gasteiger partial charge in [-0.2, -0.15) is 8.42 Å². The van der Waals surface area contributed by atoms with E-state index in [2.05, 4.69) is 0 Å². The Bertz CT molecular complexity index is 374. The zero-order valence-electron chi connectivity index (χ0n) is 6.97. The number of hydrogen-bond acceptors (Lipinski definition) is 3. The zero-order valence-corrected chi connectivity index (χ0v) is 7.79. The second-order valence-corrected chi connectivity index (χ2v) is 4.08. The van der Waals surface area contributed by atoms with Crippen molar-refractivity contribution >= 4 is 39.7 Å². The van der Waals surface area contributed by atoms with E-state index < -0.39 is 10.1 Å². The van der Waals surface area contributed by atoms with E-state index in [1.807, 2.05) is 0 Å². The molecule has 0 aliphatic heterocycles. The number of hydrogen-bond donors (Lipinski definition) is 2. The SMILES string of the molecule is NCCc1ccc(S(=O)(=O)O)cc1.[NaH]. The van der Waals surface area contributed by atoms with Crippen LogP contribution in [0, 0.1) is 0 Å². The minimum absolute atomic E-state index is 0. The van der Waals surface area contributed by atoms with Gasteiger partial charge in [-0.1, -0.05) is 12.1 Å². The summed E-state index contributed by atoms with van der Waals surface area (Å²) in [6, 6.07) is 5.99. The second kappa shape index (κ2) is 5.85. The Morgan fingerprint density at radius 1 is 1.21 bits per heavy atom. The maximum atomic E-state index is 10.6. The second-order valence-electron chi connectivity index (χ2n) is 2.66. The molecule has 74 valence electrons. The van der Waals surface area contributed by atoms with Crippen LogP contribution >= 0.6 is 0 Å². The molecule has 0 amide bonds. The van der Waals surface area contributed by atoms with E-state index in [9.17, 15) is 8.42 Å². The molecule has 0 aliphatic rings. The van der Waals surface area contributed by atoms with E-state index in [1.54, 1.807) is 12.1 Å². The Morgan fingerprint density at radius 3 is 2.07 bits per heavy atom. The molecule has 0 saturated carbocycles. The molecule has 3 N–H and O–H groups in total. The van der Waals surface area contributed by atoms with Gasteiger partial charge >= 0.3 is 29.6 Å². The van der Waals surface area contributed by atoms with Gasteiger partial charge in [-0.15, -0.1) is 0 Å². The summed E-state index contributed by atoms with van der Waals surface area (Å²) in [6.45, 7) is 0.519. The summed E-state index contributed by atoms with van der Waals surface area (Å²) in [5, 5.41) is 0. The topological polar surface area (TPSA) is 80.4 Å². The van der Waals surface area contributed by atoms with Crippen LogP contribution in [0.5, 0.6) is 0 Å². The van der Waals surface area contributed by atoms with Crippen LogP contribution in [0.15, 0.2) is 29.2 Å². The van der Waals surface area contributed by atoms with Crippen LogP contribution in [-0.2, 0) is 16.5 Å². The summed E-state index contributed by atoms with van der Waals surface area (Å²) >= 11 is 0. The van der Waals surface area contributed by atoms with Crippen molar-refractivity contribution in [2.75, 3.05) is 6.54 Å². The van der Waals surface area contributed by atoms with Crippen LogP contribution in [0.25, 0.3) is 0 Å². The molecule has 0 fully saturated rings. The van der Waals surface area contributed by atoms with Crippen molar-refractivity contribution in [3.05, 3.63) is 29.8 Å². The van der Waals surface area contributed by atoms with Crippen LogP contribution in [0.2, 0.25) is 0 Å². The van der Waals surface area contributed by atoms with Crippen molar-refractivity contribution in [3.63, 3.8) is 0 Å². The van der Waals surface area contributed by atoms with E-state index >= 15 is 0 Å². The van der Waals surface area contributed by atoms with Crippen molar-refractivity contribution in [3.8, 4) is 0 Å². The molecule has 14 heavy (non-hydrogen) atoms. The van der Waals surface area contributed by atoms with Crippen LogP contribution in [0.4, 0.5) is 0 Å². The molecule has 0 unspecified atom stereocenters. The molecule has 0 radical (unpaired) electrons. The van der Waals surface area contributed by atoms with Crippen molar-refractivity contribution in [1.29, 1.82) is 0 Å². The van der Waals surface area contributed by atoms with Gasteiger partial charge in [-0.3, -0.25) is 4.55 Å². The summed E-state index contributed by atoms with van der Waals surface area (Å²) in [5.74, 6) is 0. The molecule has 1 aromatic carbocycles. The van der Waals surface area contributed by atoms with E-state index in [0.29, 0.717) is 13.0 Å². The molecule has 1 aromatic rings. The van der Waals surface area contributed by atoms with Crippen LogP contribution in [0.3, 0.4) is 0 Å². The van der Waals surface area contributed by atoms with Gasteiger partial charge < -0.3 is 5.73 Å². The Kier molecular flexibility index (Phi) is 5.88. The Labute approximate surface area is 106 Å². The Morgan fingerprint density at radius 2 is 1.71 bits per heavy atom. The van der Waals surface area contributed by atoms with Crippen LogP contribution in [0.1, 0.15) is 5.56 Å². The number of rotatable bonds is 3. The average molecular weight is 225 g/mol. The van der Waals surface area contributed by atoms with E-state index in [-0.39, 0.29) is 34.5 Å². The van der Waals surface area contributed by atoms with Gasteiger partial charge in [0.1, 0.15) is 0 Å². The number of nitrogens with two attached hydrogens (primary N) is 1. The number of benzene rings is 1. The normalized spacial score (nSPS) is 10.7. The average Bonchev–Trinajstić information content (AvgIpc) is 2.04. The third kappa shape index (κ3) is 4.08. The van der Waals surface area contributed by atoms with Gasteiger partial charge in [0.15, 0.2) is 0 Å². The third-order valence-corrected chi connectivity index (χ3v) is 2.52. The van der Waals surface area contributed by atoms with Crippen LogP contribution in [-0.4, -0.2) is 49.1 Å². The predicted octanol–water partition coefficient (Wildman–Crippen LogP) is -0.214. The molecular weight excluding hydrogens is 213 g/mol. The van der Waals surface area contributed by atoms with E-state index in [1.165, 1.54) is 12.1 Å². The fourth-order valence-electron chi connectivity index (χ4n) is 0.995. The first kappa shape index (κ1) is 14.1. The molecule has 4 nitrogen and oxygen atoms in total. The molecular formula is C8H12NNaO3S. The Balaban J connectivity index is 0.00000169. The molecule has 0 aliphatic carbocycles. The first-order valence-electron chi connectivity index (χ1n) is 3.80. The minimum atomic E-state index is -4.07. The first-order chi connectivity index (χ1) is 6.04. The fraction of sp³-hybridized carbons (Fsp3) is 0.250. The molecule has 1 rings (SSSR count). The van der Waals surface area contributed by atoms with Gasteiger partial charge in [0.2, 0.25) is 0 Å². The summed E-state index contributed by atoms with van der Waals surface area (Å²) in [4.78, 5) is -0.0896. The van der Waals surface area contributed by atoms with Crippen molar-refractivity contribution in [2.45, 2.75) is 11.3 Å². The zero-order chi connectivity index (χ0) is 9.90. The van der Waals surface area contributed by atoms with Crippen molar-refractivity contribution in [2.24, 2.45) is 5.73 Å². The van der Waals surface area contributed by atoms with Gasteiger partial charge in [0.25, 0.3) is 10.1 Å². The molecule has 0 spiro atoms. The fourth-order valence-corrected chi connectivity index (χ4v) is 1.47. The third-order valence-electron chi connectivity index (χ3n) is 1.65. The summed E-state index contributed by atoms with van der Waals surface area (Å²) < 4.78 is 29.9. The summed E-state index contributed by atoms with van der Waals surface area (Å²) in [6.07, 6.45) is 0.700. The molecule has 0 atom stereocenters. The van der Waals surface area contributed by atoms with Gasteiger partial charge in [0, 0.05) is 0 Å². The van der Waals surface area contributed by atoms with Crippen LogP contribution < -0.4 is 5.73 Å².